The van der Waals surface area contributed by atoms with Crippen LogP contribution in [-0.4, -0.2) is 17.1 Å². The summed E-state index contributed by atoms with van der Waals surface area (Å²) in [6.45, 7) is 0. The zero-order chi connectivity index (χ0) is 14.7. The third-order valence-electron chi connectivity index (χ3n) is 3.17. The normalized spacial score (nSPS) is 10.5. The topological polar surface area (TPSA) is 61.0 Å². The standard InChI is InChI=1S/C16H15N3OS/c1-20-13-4-2-3-12(10-13)15-14(21-16(17)19-15)9-11-5-7-18-8-6-11/h2-8,10H,9H2,1H3,(H2,17,19). The van der Waals surface area contributed by atoms with Crippen LogP contribution in [0.2, 0.25) is 0 Å². The minimum absolute atomic E-state index is 0.580. The van der Waals surface area contributed by atoms with E-state index in [9.17, 15) is 0 Å². The number of anilines is 1. The van der Waals surface area contributed by atoms with Gasteiger partial charge in [0.25, 0.3) is 0 Å². The van der Waals surface area contributed by atoms with E-state index in [1.165, 1.54) is 16.9 Å². The van der Waals surface area contributed by atoms with Gasteiger partial charge >= 0.3 is 0 Å². The summed E-state index contributed by atoms with van der Waals surface area (Å²) < 4.78 is 5.28. The van der Waals surface area contributed by atoms with Crippen LogP contribution >= 0.6 is 11.3 Å². The number of hydrogen-bond donors (Lipinski definition) is 1. The average Bonchev–Trinajstić information content (AvgIpc) is 2.89. The summed E-state index contributed by atoms with van der Waals surface area (Å²) in [4.78, 5) is 9.66. The molecule has 3 aromatic rings. The molecule has 0 fully saturated rings. The van der Waals surface area contributed by atoms with Crippen LogP contribution in [0.1, 0.15) is 10.4 Å². The average molecular weight is 297 g/mol. The van der Waals surface area contributed by atoms with Crippen molar-refractivity contribution in [2.75, 3.05) is 12.8 Å². The van der Waals surface area contributed by atoms with E-state index in [-0.39, 0.29) is 0 Å². The number of pyridine rings is 1. The molecule has 0 radical (unpaired) electrons. The molecule has 5 heteroatoms. The number of ether oxygens (including phenoxy) is 1. The molecule has 2 N–H and O–H groups in total. The summed E-state index contributed by atoms with van der Waals surface area (Å²) in [5.41, 5.74) is 9.04. The number of benzene rings is 1. The van der Waals surface area contributed by atoms with E-state index in [0.29, 0.717) is 5.13 Å². The Hall–Kier alpha value is -2.40. The van der Waals surface area contributed by atoms with E-state index in [1.54, 1.807) is 19.5 Å². The first kappa shape index (κ1) is 13.6. The van der Waals surface area contributed by atoms with Gasteiger partial charge in [0.1, 0.15) is 5.75 Å². The maximum absolute atomic E-state index is 5.90. The SMILES string of the molecule is COc1cccc(-c2nc(N)sc2Cc2ccncc2)c1. The second-order valence-electron chi connectivity index (χ2n) is 4.59. The zero-order valence-electron chi connectivity index (χ0n) is 11.6. The number of aromatic nitrogens is 2. The maximum Gasteiger partial charge on any atom is 0.180 e. The molecule has 0 saturated carbocycles. The van der Waals surface area contributed by atoms with E-state index in [0.717, 1.165) is 28.3 Å². The molecule has 0 bridgehead atoms. The molecule has 106 valence electrons. The van der Waals surface area contributed by atoms with Crippen LogP contribution in [-0.2, 0) is 6.42 Å². The fourth-order valence-corrected chi connectivity index (χ4v) is 3.06. The largest absolute Gasteiger partial charge is 0.497 e. The zero-order valence-corrected chi connectivity index (χ0v) is 12.4. The Morgan fingerprint density at radius 2 is 2.00 bits per heavy atom. The first-order valence-corrected chi connectivity index (χ1v) is 7.36. The van der Waals surface area contributed by atoms with E-state index >= 15 is 0 Å². The number of rotatable bonds is 4. The molecule has 21 heavy (non-hydrogen) atoms. The number of thiazole rings is 1. The van der Waals surface area contributed by atoms with Crippen molar-refractivity contribution in [3.8, 4) is 17.0 Å². The molecule has 1 aromatic carbocycles. The summed E-state index contributed by atoms with van der Waals surface area (Å²) in [7, 11) is 1.66. The van der Waals surface area contributed by atoms with Gasteiger partial charge in [-0.05, 0) is 29.8 Å². The fourth-order valence-electron chi connectivity index (χ4n) is 2.17. The molecule has 0 aliphatic rings. The molecule has 0 aliphatic carbocycles. The highest BCUT2D eigenvalue weighted by molar-refractivity contribution is 7.15. The van der Waals surface area contributed by atoms with Crippen molar-refractivity contribution in [2.24, 2.45) is 0 Å². The van der Waals surface area contributed by atoms with Crippen LogP contribution in [0.3, 0.4) is 0 Å². The van der Waals surface area contributed by atoms with Crippen LogP contribution in [0.15, 0.2) is 48.8 Å². The highest BCUT2D eigenvalue weighted by Gasteiger charge is 2.13. The van der Waals surface area contributed by atoms with Crippen molar-refractivity contribution in [2.45, 2.75) is 6.42 Å². The Balaban J connectivity index is 1.99. The number of nitrogens with zero attached hydrogens (tertiary/aromatic N) is 2. The van der Waals surface area contributed by atoms with Gasteiger partial charge in [-0.1, -0.05) is 12.1 Å². The van der Waals surface area contributed by atoms with Gasteiger partial charge < -0.3 is 10.5 Å². The van der Waals surface area contributed by atoms with Crippen molar-refractivity contribution in [1.29, 1.82) is 0 Å². The summed E-state index contributed by atoms with van der Waals surface area (Å²) in [6, 6.07) is 11.9. The second kappa shape index (κ2) is 5.93. The molecule has 4 nitrogen and oxygen atoms in total. The molecular weight excluding hydrogens is 282 g/mol. The Morgan fingerprint density at radius 3 is 2.76 bits per heavy atom. The minimum atomic E-state index is 0.580. The Labute approximate surface area is 127 Å². The molecule has 0 spiro atoms. The summed E-state index contributed by atoms with van der Waals surface area (Å²) >= 11 is 1.52. The summed E-state index contributed by atoms with van der Waals surface area (Å²) in [6.07, 6.45) is 4.39. The van der Waals surface area contributed by atoms with Gasteiger partial charge in [-0.2, -0.15) is 0 Å². The highest BCUT2D eigenvalue weighted by Crippen LogP contribution is 2.32. The molecule has 0 unspecified atom stereocenters. The van der Waals surface area contributed by atoms with Gasteiger partial charge in [-0.3, -0.25) is 4.98 Å². The van der Waals surface area contributed by atoms with Gasteiger partial charge in [-0.25, -0.2) is 4.98 Å². The molecule has 3 rings (SSSR count). The van der Waals surface area contributed by atoms with Crippen LogP contribution in [0.5, 0.6) is 5.75 Å². The van der Waals surface area contributed by atoms with Gasteiger partial charge in [0.05, 0.1) is 12.8 Å². The summed E-state index contributed by atoms with van der Waals surface area (Å²) in [5, 5.41) is 0.580. The predicted octanol–water partition coefficient (Wildman–Crippen LogP) is 3.39. The minimum Gasteiger partial charge on any atom is -0.497 e. The number of hydrogen-bond acceptors (Lipinski definition) is 5. The highest BCUT2D eigenvalue weighted by atomic mass is 32.1. The smallest absolute Gasteiger partial charge is 0.180 e. The summed E-state index contributed by atoms with van der Waals surface area (Å²) in [5.74, 6) is 0.814. The van der Waals surface area contributed by atoms with E-state index in [2.05, 4.69) is 9.97 Å². The van der Waals surface area contributed by atoms with Gasteiger partial charge in [0, 0.05) is 29.3 Å². The lowest BCUT2D eigenvalue weighted by molar-refractivity contribution is 0.415. The Bertz CT molecular complexity index is 740. The lowest BCUT2D eigenvalue weighted by atomic mass is 10.1. The molecular formula is C16H15N3OS. The van der Waals surface area contributed by atoms with Crippen molar-refractivity contribution >= 4 is 16.5 Å². The van der Waals surface area contributed by atoms with Crippen molar-refractivity contribution in [3.63, 3.8) is 0 Å². The first-order valence-electron chi connectivity index (χ1n) is 6.55. The third kappa shape index (κ3) is 3.03. The quantitative estimate of drug-likeness (QED) is 0.802. The van der Waals surface area contributed by atoms with Crippen LogP contribution < -0.4 is 10.5 Å². The van der Waals surface area contributed by atoms with E-state index in [1.807, 2.05) is 36.4 Å². The van der Waals surface area contributed by atoms with Crippen molar-refractivity contribution in [3.05, 3.63) is 59.2 Å². The van der Waals surface area contributed by atoms with E-state index < -0.39 is 0 Å². The first-order chi connectivity index (χ1) is 10.3. The van der Waals surface area contributed by atoms with E-state index in [4.69, 9.17) is 10.5 Å². The molecule has 2 heterocycles. The number of nitrogens with two attached hydrogens (primary N) is 1. The van der Waals surface area contributed by atoms with Crippen molar-refractivity contribution in [1.82, 2.24) is 9.97 Å². The van der Waals surface area contributed by atoms with Crippen LogP contribution in [0.25, 0.3) is 11.3 Å². The lowest BCUT2D eigenvalue weighted by Gasteiger charge is -2.05. The third-order valence-corrected chi connectivity index (χ3v) is 4.06. The number of methoxy groups -OCH3 is 1. The van der Waals surface area contributed by atoms with Gasteiger partial charge in [0.2, 0.25) is 0 Å². The van der Waals surface area contributed by atoms with Crippen molar-refractivity contribution < 1.29 is 4.74 Å². The van der Waals surface area contributed by atoms with Gasteiger partial charge in [-0.15, -0.1) is 11.3 Å². The fraction of sp³-hybridized carbons (Fsp3) is 0.125. The predicted molar refractivity (Wildman–Crippen MR) is 85.6 cm³/mol. The maximum atomic E-state index is 5.90. The molecule has 0 amide bonds. The second-order valence-corrected chi connectivity index (χ2v) is 5.70. The van der Waals surface area contributed by atoms with Crippen LogP contribution in [0.4, 0.5) is 5.13 Å². The van der Waals surface area contributed by atoms with Gasteiger partial charge in [0.15, 0.2) is 5.13 Å². The molecule has 0 saturated heterocycles. The lowest BCUT2D eigenvalue weighted by Crippen LogP contribution is -1.90. The number of nitrogen functional groups attached to an aromatic ring is 1. The molecule has 0 atom stereocenters. The monoisotopic (exact) mass is 297 g/mol. The Kier molecular flexibility index (Phi) is 3.83. The molecule has 2 aromatic heterocycles. The Morgan fingerprint density at radius 1 is 1.19 bits per heavy atom. The van der Waals surface area contributed by atoms with Crippen LogP contribution in [0, 0.1) is 0 Å². The molecule has 0 aliphatic heterocycles.